The first-order valence-electron chi connectivity index (χ1n) is 8.52. The maximum atomic E-state index is 12.3. The number of hydrogen-bond donors (Lipinski definition) is 2. The van der Waals surface area contributed by atoms with Gasteiger partial charge in [-0.25, -0.2) is 9.59 Å². The number of nitrogens with one attached hydrogen (secondary N) is 2. The number of carbonyl (C=O) groups excluding carboxylic acids is 3. The van der Waals surface area contributed by atoms with E-state index in [9.17, 15) is 14.4 Å². The van der Waals surface area contributed by atoms with E-state index in [1.54, 1.807) is 42.5 Å². The van der Waals surface area contributed by atoms with Crippen molar-refractivity contribution in [3.63, 3.8) is 0 Å². The molecule has 0 atom stereocenters. The average molecular weight is 400 g/mol. The van der Waals surface area contributed by atoms with Crippen LogP contribution in [0.25, 0.3) is 0 Å². The normalized spacial score (nSPS) is 9.93. The Balaban J connectivity index is 1.95. The lowest BCUT2D eigenvalue weighted by Crippen LogP contribution is -2.34. The zero-order chi connectivity index (χ0) is 20.5. The van der Waals surface area contributed by atoms with Gasteiger partial charge in [-0.05, 0) is 61.1 Å². The maximum absolute atomic E-state index is 12.3. The quantitative estimate of drug-likeness (QED) is 0.568. The van der Waals surface area contributed by atoms with E-state index in [4.69, 9.17) is 17.0 Å². The predicted octanol–water partition coefficient (Wildman–Crippen LogP) is 3.17. The van der Waals surface area contributed by atoms with Gasteiger partial charge >= 0.3 is 11.9 Å². The van der Waals surface area contributed by atoms with Crippen LogP contribution in [0.15, 0.2) is 48.5 Å². The molecule has 1 amide bonds. The summed E-state index contributed by atoms with van der Waals surface area (Å²) in [5.41, 5.74) is 1.55. The molecule has 8 heteroatoms. The van der Waals surface area contributed by atoms with Crippen molar-refractivity contribution in [2.75, 3.05) is 19.0 Å². The zero-order valence-electron chi connectivity index (χ0n) is 15.5. The topological polar surface area (TPSA) is 93.7 Å². The highest BCUT2D eigenvalue weighted by molar-refractivity contribution is 7.80. The summed E-state index contributed by atoms with van der Waals surface area (Å²) in [4.78, 5) is 35.6. The Labute approximate surface area is 168 Å². The molecule has 0 heterocycles. The van der Waals surface area contributed by atoms with Crippen LogP contribution < -0.4 is 10.6 Å². The van der Waals surface area contributed by atoms with Gasteiger partial charge in [0, 0.05) is 11.3 Å². The van der Waals surface area contributed by atoms with Crippen molar-refractivity contribution in [2.45, 2.75) is 13.3 Å². The van der Waals surface area contributed by atoms with Crippen molar-refractivity contribution in [1.82, 2.24) is 5.32 Å². The number of anilines is 1. The first kappa shape index (κ1) is 21.0. The standard InChI is InChI=1S/C20H20N2O5S/c1-3-11-27-19(25)13-7-9-16(10-8-13)21-20(28)22-17(23)14-5-4-6-15(12-14)18(24)26-2/h4-10,12H,3,11H2,1-2H3,(H2,21,22,23,28). The summed E-state index contributed by atoms with van der Waals surface area (Å²) >= 11 is 5.13. The zero-order valence-corrected chi connectivity index (χ0v) is 16.3. The van der Waals surface area contributed by atoms with Crippen molar-refractivity contribution in [3.8, 4) is 0 Å². The lowest BCUT2D eigenvalue weighted by atomic mass is 10.1. The van der Waals surface area contributed by atoms with Crippen LogP contribution in [0.3, 0.4) is 0 Å². The molecular formula is C20H20N2O5S. The highest BCUT2D eigenvalue weighted by Gasteiger charge is 2.12. The molecule has 2 N–H and O–H groups in total. The molecule has 0 aliphatic rings. The van der Waals surface area contributed by atoms with E-state index in [0.29, 0.717) is 17.9 Å². The van der Waals surface area contributed by atoms with E-state index in [-0.39, 0.29) is 16.2 Å². The molecular weight excluding hydrogens is 380 g/mol. The molecule has 2 aromatic rings. The number of amides is 1. The molecule has 2 aromatic carbocycles. The fraction of sp³-hybridized carbons (Fsp3) is 0.200. The van der Waals surface area contributed by atoms with Gasteiger partial charge in [0.2, 0.25) is 0 Å². The molecule has 0 fully saturated rings. The summed E-state index contributed by atoms with van der Waals surface area (Å²) in [6, 6.07) is 12.6. The Kier molecular flexibility index (Phi) is 7.65. The van der Waals surface area contributed by atoms with Crippen LogP contribution in [-0.4, -0.2) is 36.7 Å². The molecule has 2 rings (SSSR count). The fourth-order valence-electron chi connectivity index (χ4n) is 2.21. The summed E-state index contributed by atoms with van der Waals surface area (Å²) in [5, 5.41) is 5.47. The van der Waals surface area contributed by atoms with Crippen LogP contribution in [0, 0.1) is 0 Å². The molecule has 146 valence electrons. The Morgan fingerprint density at radius 1 is 0.964 bits per heavy atom. The van der Waals surface area contributed by atoms with Gasteiger partial charge in [-0.15, -0.1) is 0 Å². The van der Waals surface area contributed by atoms with Crippen LogP contribution in [0.2, 0.25) is 0 Å². The molecule has 0 aliphatic heterocycles. The molecule has 7 nitrogen and oxygen atoms in total. The summed E-state index contributed by atoms with van der Waals surface area (Å²) in [6.07, 6.45) is 0.752. The molecule has 0 bridgehead atoms. The Morgan fingerprint density at radius 2 is 1.64 bits per heavy atom. The Hall–Kier alpha value is -3.26. The van der Waals surface area contributed by atoms with E-state index in [2.05, 4.69) is 15.4 Å². The number of methoxy groups -OCH3 is 1. The van der Waals surface area contributed by atoms with E-state index >= 15 is 0 Å². The van der Waals surface area contributed by atoms with Crippen LogP contribution >= 0.6 is 12.2 Å². The third-order valence-electron chi connectivity index (χ3n) is 3.59. The van der Waals surface area contributed by atoms with Gasteiger partial charge in [-0.2, -0.15) is 0 Å². The van der Waals surface area contributed by atoms with E-state index in [1.807, 2.05) is 6.92 Å². The second-order valence-electron chi connectivity index (χ2n) is 5.69. The molecule has 0 saturated carbocycles. The second kappa shape index (κ2) is 10.2. The first-order valence-corrected chi connectivity index (χ1v) is 8.93. The summed E-state index contributed by atoms with van der Waals surface area (Å²) in [7, 11) is 1.27. The molecule has 0 saturated heterocycles. The van der Waals surface area contributed by atoms with Crippen molar-refractivity contribution >= 4 is 40.9 Å². The van der Waals surface area contributed by atoms with Crippen LogP contribution in [0.4, 0.5) is 5.69 Å². The molecule has 0 spiro atoms. The smallest absolute Gasteiger partial charge is 0.338 e. The maximum Gasteiger partial charge on any atom is 0.338 e. The van der Waals surface area contributed by atoms with Gasteiger partial charge in [0.15, 0.2) is 5.11 Å². The average Bonchev–Trinajstić information content (AvgIpc) is 2.71. The van der Waals surface area contributed by atoms with Crippen LogP contribution in [0.1, 0.15) is 44.4 Å². The second-order valence-corrected chi connectivity index (χ2v) is 6.10. The third-order valence-corrected chi connectivity index (χ3v) is 3.79. The van der Waals surface area contributed by atoms with E-state index in [1.165, 1.54) is 13.2 Å². The summed E-state index contributed by atoms with van der Waals surface area (Å²) < 4.78 is 9.70. The van der Waals surface area contributed by atoms with Crippen molar-refractivity contribution < 1.29 is 23.9 Å². The van der Waals surface area contributed by atoms with Gasteiger partial charge in [0.25, 0.3) is 5.91 Å². The molecule has 0 aromatic heterocycles. The largest absolute Gasteiger partial charge is 0.465 e. The number of ether oxygens (including phenoxy) is 2. The Bertz CT molecular complexity index is 880. The number of rotatable bonds is 6. The fourth-order valence-corrected chi connectivity index (χ4v) is 2.42. The van der Waals surface area contributed by atoms with Crippen molar-refractivity contribution in [1.29, 1.82) is 0 Å². The SMILES string of the molecule is CCCOC(=O)c1ccc(NC(=S)NC(=O)c2cccc(C(=O)OC)c2)cc1. The van der Waals surface area contributed by atoms with Crippen molar-refractivity contribution in [2.24, 2.45) is 0 Å². The monoisotopic (exact) mass is 400 g/mol. The van der Waals surface area contributed by atoms with Gasteiger partial charge in [-0.3, -0.25) is 10.1 Å². The van der Waals surface area contributed by atoms with Crippen LogP contribution in [-0.2, 0) is 9.47 Å². The summed E-state index contributed by atoms with van der Waals surface area (Å²) in [6.45, 7) is 2.29. The van der Waals surface area contributed by atoms with Gasteiger partial charge < -0.3 is 14.8 Å². The number of hydrogen-bond acceptors (Lipinski definition) is 6. The molecule has 0 radical (unpaired) electrons. The highest BCUT2D eigenvalue weighted by Crippen LogP contribution is 2.11. The number of thiocarbonyl (C=S) groups is 1. The number of esters is 2. The minimum atomic E-state index is -0.534. The third kappa shape index (κ3) is 5.88. The van der Waals surface area contributed by atoms with Gasteiger partial charge in [0.05, 0.1) is 24.8 Å². The lowest BCUT2D eigenvalue weighted by Gasteiger charge is -2.10. The molecule has 28 heavy (non-hydrogen) atoms. The predicted molar refractivity (Wildman–Crippen MR) is 108 cm³/mol. The van der Waals surface area contributed by atoms with E-state index in [0.717, 1.165) is 6.42 Å². The molecule has 0 aliphatic carbocycles. The number of carbonyl (C=O) groups is 3. The van der Waals surface area contributed by atoms with Gasteiger partial charge in [0.1, 0.15) is 0 Å². The van der Waals surface area contributed by atoms with Crippen molar-refractivity contribution in [3.05, 3.63) is 65.2 Å². The number of benzene rings is 2. The highest BCUT2D eigenvalue weighted by atomic mass is 32.1. The van der Waals surface area contributed by atoms with Gasteiger partial charge in [-0.1, -0.05) is 13.0 Å². The van der Waals surface area contributed by atoms with Crippen LogP contribution in [0.5, 0.6) is 0 Å². The molecule has 0 unspecified atom stereocenters. The van der Waals surface area contributed by atoms with E-state index < -0.39 is 17.8 Å². The Morgan fingerprint density at radius 3 is 2.29 bits per heavy atom. The minimum absolute atomic E-state index is 0.0785. The summed E-state index contributed by atoms with van der Waals surface area (Å²) in [5.74, 6) is -1.40. The lowest BCUT2D eigenvalue weighted by molar-refractivity contribution is 0.0504. The first-order chi connectivity index (χ1) is 13.4. The minimum Gasteiger partial charge on any atom is -0.465 e.